The molecule has 27 heavy (non-hydrogen) atoms. The summed E-state index contributed by atoms with van der Waals surface area (Å²) in [5, 5.41) is 12.7. The topological polar surface area (TPSA) is 66.9 Å². The first kappa shape index (κ1) is 17.0. The molecule has 0 radical (unpaired) electrons. The number of hydrogen-bond donors (Lipinski definition) is 0. The molecule has 0 spiro atoms. The van der Waals surface area contributed by atoms with Gasteiger partial charge >= 0.3 is 5.63 Å². The molecule has 2 aromatic carbocycles. The van der Waals surface area contributed by atoms with Gasteiger partial charge in [0.15, 0.2) is 0 Å². The number of fused-ring (bicyclic) bond motifs is 1. The standard InChI is InChI=1S/C22H14N2O2S/c1-14-6-8-15(9-7-14)10-17(12-23)21-24-19(13-27-21)18-11-16-4-2-3-5-20(16)26-22(18)25/h2-11,13H,1H3/b17-10-. The molecular weight excluding hydrogens is 356 g/mol. The van der Waals surface area contributed by atoms with Crippen molar-refractivity contribution in [3.63, 3.8) is 0 Å². The lowest BCUT2D eigenvalue weighted by molar-refractivity contribution is 0.563. The average molecular weight is 370 g/mol. The number of benzene rings is 2. The lowest BCUT2D eigenvalue weighted by Crippen LogP contribution is -2.02. The number of para-hydroxylation sites is 1. The lowest BCUT2D eigenvalue weighted by Gasteiger charge is -1.99. The summed E-state index contributed by atoms with van der Waals surface area (Å²) >= 11 is 1.33. The van der Waals surface area contributed by atoms with Crippen molar-refractivity contribution in [3.05, 3.63) is 86.5 Å². The van der Waals surface area contributed by atoms with E-state index in [0.29, 0.717) is 27.4 Å². The minimum absolute atomic E-state index is 0.392. The van der Waals surface area contributed by atoms with Crippen molar-refractivity contribution in [2.45, 2.75) is 6.92 Å². The number of allylic oxidation sites excluding steroid dienone is 1. The lowest BCUT2D eigenvalue weighted by atomic mass is 10.1. The van der Waals surface area contributed by atoms with Gasteiger partial charge in [0.05, 0.1) is 16.8 Å². The van der Waals surface area contributed by atoms with E-state index in [9.17, 15) is 10.1 Å². The number of aromatic nitrogens is 1. The molecule has 4 nitrogen and oxygen atoms in total. The van der Waals surface area contributed by atoms with Gasteiger partial charge in [-0.15, -0.1) is 11.3 Å². The number of nitriles is 1. The zero-order valence-corrected chi connectivity index (χ0v) is 15.3. The second kappa shape index (κ2) is 7.02. The van der Waals surface area contributed by atoms with Crippen LogP contribution in [0.25, 0.3) is 33.9 Å². The molecule has 4 rings (SSSR count). The molecule has 0 amide bonds. The Morgan fingerprint density at radius 1 is 1.19 bits per heavy atom. The van der Waals surface area contributed by atoms with Crippen LogP contribution < -0.4 is 5.63 Å². The average Bonchev–Trinajstić information content (AvgIpc) is 3.16. The monoisotopic (exact) mass is 370 g/mol. The summed E-state index contributed by atoms with van der Waals surface area (Å²) in [6, 6.07) is 19.2. The van der Waals surface area contributed by atoms with Gasteiger partial charge in [0.1, 0.15) is 16.7 Å². The maximum absolute atomic E-state index is 12.3. The second-order valence-electron chi connectivity index (χ2n) is 6.10. The number of thiazole rings is 1. The predicted octanol–water partition coefficient (Wildman–Crippen LogP) is 5.29. The maximum atomic E-state index is 12.3. The van der Waals surface area contributed by atoms with Crippen LogP contribution in [0.5, 0.6) is 0 Å². The van der Waals surface area contributed by atoms with Crippen LogP contribution in [0, 0.1) is 18.3 Å². The van der Waals surface area contributed by atoms with Crippen molar-refractivity contribution in [3.8, 4) is 17.3 Å². The molecule has 0 bridgehead atoms. The van der Waals surface area contributed by atoms with Crippen molar-refractivity contribution < 1.29 is 4.42 Å². The SMILES string of the molecule is Cc1ccc(/C=C(/C#N)c2nc(-c3cc4ccccc4oc3=O)cs2)cc1. The van der Waals surface area contributed by atoms with Crippen LogP contribution in [0.2, 0.25) is 0 Å². The molecule has 0 aliphatic rings. The van der Waals surface area contributed by atoms with E-state index in [4.69, 9.17) is 4.42 Å². The van der Waals surface area contributed by atoms with E-state index in [2.05, 4.69) is 11.1 Å². The quantitative estimate of drug-likeness (QED) is 0.363. The van der Waals surface area contributed by atoms with E-state index in [1.165, 1.54) is 11.3 Å². The Balaban J connectivity index is 1.75. The first-order valence-corrected chi connectivity index (χ1v) is 9.19. The van der Waals surface area contributed by atoms with Gasteiger partial charge in [0.2, 0.25) is 0 Å². The zero-order valence-electron chi connectivity index (χ0n) is 14.5. The Bertz CT molecular complexity index is 1260. The summed E-state index contributed by atoms with van der Waals surface area (Å²) < 4.78 is 5.38. The predicted molar refractivity (Wildman–Crippen MR) is 108 cm³/mol. The van der Waals surface area contributed by atoms with Crippen LogP contribution in [0.15, 0.2) is 69.2 Å². The largest absolute Gasteiger partial charge is 0.422 e. The molecule has 0 aliphatic heterocycles. The molecule has 2 aromatic heterocycles. The highest BCUT2D eigenvalue weighted by atomic mass is 32.1. The number of nitrogens with zero attached hydrogens (tertiary/aromatic N) is 2. The Hall–Kier alpha value is -3.49. The molecule has 5 heteroatoms. The summed E-state index contributed by atoms with van der Waals surface area (Å²) in [4.78, 5) is 16.8. The van der Waals surface area contributed by atoms with Crippen LogP contribution in [0.1, 0.15) is 16.1 Å². The summed E-state index contributed by atoms with van der Waals surface area (Å²) in [7, 11) is 0. The molecule has 130 valence electrons. The van der Waals surface area contributed by atoms with Crippen LogP contribution in [-0.4, -0.2) is 4.98 Å². The molecule has 0 N–H and O–H groups in total. The smallest absolute Gasteiger partial charge is 0.345 e. The molecule has 0 aliphatic carbocycles. The molecule has 4 aromatic rings. The molecule has 0 fully saturated rings. The fraction of sp³-hybridized carbons (Fsp3) is 0.0455. The van der Waals surface area contributed by atoms with Crippen LogP contribution in [0.3, 0.4) is 0 Å². The minimum Gasteiger partial charge on any atom is -0.422 e. The van der Waals surface area contributed by atoms with Crippen molar-refractivity contribution >= 4 is 34.0 Å². The Labute approximate surface area is 159 Å². The van der Waals surface area contributed by atoms with E-state index in [0.717, 1.165) is 16.5 Å². The highest BCUT2D eigenvalue weighted by molar-refractivity contribution is 7.11. The molecule has 0 saturated heterocycles. The van der Waals surface area contributed by atoms with E-state index >= 15 is 0 Å². The normalized spacial score (nSPS) is 11.5. The van der Waals surface area contributed by atoms with Gasteiger partial charge in [-0.2, -0.15) is 5.26 Å². The third-order valence-corrected chi connectivity index (χ3v) is 5.04. The first-order valence-electron chi connectivity index (χ1n) is 8.32. The fourth-order valence-corrected chi connectivity index (χ4v) is 3.52. The Morgan fingerprint density at radius 3 is 2.74 bits per heavy atom. The second-order valence-corrected chi connectivity index (χ2v) is 6.96. The number of rotatable bonds is 3. The molecule has 2 heterocycles. The summed E-state index contributed by atoms with van der Waals surface area (Å²) in [6.45, 7) is 2.01. The fourth-order valence-electron chi connectivity index (χ4n) is 2.73. The summed E-state index contributed by atoms with van der Waals surface area (Å²) in [5.74, 6) is 0. The van der Waals surface area contributed by atoms with E-state index in [-0.39, 0.29) is 0 Å². The Kier molecular flexibility index (Phi) is 4.41. The van der Waals surface area contributed by atoms with Gasteiger partial charge in [0, 0.05) is 10.8 Å². The molecular formula is C22H14N2O2S. The van der Waals surface area contributed by atoms with Gasteiger partial charge in [-0.1, -0.05) is 48.0 Å². The number of hydrogen-bond acceptors (Lipinski definition) is 5. The van der Waals surface area contributed by atoms with Crippen LogP contribution in [0.4, 0.5) is 0 Å². The first-order chi connectivity index (χ1) is 13.1. The van der Waals surface area contributed by atoms with E-state index in [1.807, 2.05) is 49.4 Å². The zero-order chi connectivity index (χ0) is 18.8. The maximum Gasteiger partial charge on any atom is 0.345 e. The summed E-state index contributed by atoms with van der Waals surface area (Å²) in [6.07, 6.45) is 1.80. The van der Waals surface area contributed by atoms with Crippen LogP contribution >= 0.6 is 11.3 Å². The van der Waals surface area contributed by atoms with Crippen molar-refractivity contribution in [1.82, 2.24) is 4.98 Å². The van der Waals surface area contributed by atoms with Gasteiger partial charge in [-0.25, -0.2) is 9.78 Å². The van der Waals surface area contributed by atoms with Crippen molar-refractivity contribution in [1.29, 1.82) is 5.26 Å². The highest BCUT2D eigenvalue weighted by Crippen LogP contribution is 2.27. The highest BCUT2D eigenvalue weighted by Gasteiger charge is 2.13. The van der Waals surface area contributed by atoms with Gasteiger partial charge in [-0.3, -0.25) is 0 Å². The van der Waals surface area contributed by atoms with Gasteiger partial charge in [-0.05, 0) is 30.7 Å². The molecule has 0 unspecified atom stereocenters. The van der Waals surface area contributed by atoms with E-state index < -0.39 is 5.63 Å². The molecule has 0 atom stereocenters. The van der Waals surface area contributed by atoms with Crippen molar-refractivity contribution in [2.24, 2.45) is 0 Å². The van der Waals surface area contributed by atoms with Gasteiger partial charge in [0.25, 0.3) is 0 Å². The third-order valence-electron chi connectivity index (χ3n) is 4.16. The minimum atomic E-state index is -0.438. The Morgan fingerprint density at radius 2 is 1.96 bits per heavy atom. The van der Waals surface area contributed by atoms with Crippen molar-refractivity contribution in [2.75, 3.05) is 0 Å². The van der Waals surface area contributed by atoms with Gasteiger partial charge < -0.3 is 4.42 Å². The number of aryl methyl sites for hydroxylation is 1. The van der Waals surface area contributed by atoms with Crippen LogP contribution in [-0.2, 0) is 0 Å². The molecule has 0 saturated carbocycles. The third kappa shape index (κ3) is 3.43. The summed E-state index contributed by atoms with van der Waals surface area (Å²) in [5.41, 5.74) is 3.55. The van der Waals surface area contributed by atoms with E-state index in [1.54, 1.807) is 23.6 Å².